The van der Waals surface area contributed by atoms with Gasteiger partial charge in [0.2, 0.25) is 10.0 Å². The van der Waals surface area contributed by atoms with E-state index in [-0.39, 0.29) is 17.5 Å². The van der Waals surface area contributed by atoms with E-state index in [1.165, 1.54) is 10.4 Å². The lowest BCUT2D eigenvalue weighted by Crippen LogP contribution is -2.37. The molecule has 0 aromatic carbocycles. The van der Waals surface area contributed by atoms with Crippen molar-refractivity contribution in [3.8, 4) is 0 Å². The van der Waals surface area contributed by atoms with Gasteiger partial charge in [-0.05, 0) is 27.2 Å². The molecule has 104 valence electrons. The molecule has 0 atom stereocenters. The van der Waals surface area contributed by atoms with Gasteiger partial charge in [0.15, 0.2) is 0 Å². The predicted octanol–water partition coefficient (Wildman–Crippen LogP) is 1.86. The van der Waals surface area contributed by atoms with Crippen LogP contribution in [0.25, 0.3) is 0 Å². The highest BCUT2D eigenvalue weighted by Crippen LogP contribution is 2.25. The Hall–Kier alpha value is -0.850. The summed E-state index contributed by atoms with van der Waals surface area (Å²) in [5, 5.41) is 0. The quantitative estimate of drug-likeness (QED) is 0.859. The second-order valence-electron chi connectivity index (χ2n) is 4.55. The van der Waals surface area contributed by atoms with Crippen molar-refractivity contribution in [2.24, 2.45) is 5.73 Å². The smallest absolute Gasteiger partial charge is 0.246 e. The molecule has 5 nitrogen and oxygen atoms in total. The van der Waals surface area contributed by atoms with Crippen molar-refractivity contribution in [1.82, 2.24) is 4.31 Å². The molecule has 2 N–H and O–H groups in total. The van der Waals surface area contributed by atoms with E-state index in [0.29, 0.717) is 18.1 Å². The second kappa shape index (κ2) is 5.86. The maximum atomic E-state index is 12.5. The Morgan fingerprint density at radius 3 is 2.44 bits per heavy atom. The van der Waals surface area contributed by atoms with Crippen LogP contribution in [0.4, 0.5) is 0 Å². The zero-order chi connectivity index (χ0) is 13.9. The third-order valence-electron chi connectivity index (χ3n) is 2.73. The van der Waals surface area contributed by atoms with E-state index in [0.717, 1.165) is 6.42 Å². The predicted molar refractivity (Wildman–Crippen MR) is 70.7 cm³/mol. The standard InChI is InChI=1S/C12H22N2O3S/c1-5-6-14(9(2)3)18(15,16)12-7-11(8-13)17-10(12)4/h7,9H,5-6,8,13H2,1-4H3. The maximum Gasteiger partial charge on any atom is 0.246 e. The van der Waals surface area contributed by atoms with Gasteiger partial charge in [-0.3, -0.25) is 0 Å². The molecule has 0 aliphatic heterocycles. The van der Waals surface area contributed by atoms with Gasteiger partial charge in [0.1, 0.15) is 16.4 Å². The van der Waals surface area contributed by atoms with Crippen LogP contribution < -0.4 is 5.73 Å². The van der Waals surface area contributed by atoms with Crippen molar-refractivity contribution in [2.75, 3.05) is 6.54 Å². The van der Waals surface area contributed by atoms with Crippen LogP contribution in [0.1, 0.15) is 38.7 Å². The third kappa shape index (κ3) is 2.93. The Morgan fingerprint density at radius 1 is 1.44 bits per heavy atom. The van der Waals surface area contributed by atoms with Crippen LogP contribution in [0.3, 0.4) is 0 Å². The molecule has 0 saturated carbocycles. The number of sulfonamides is 1. The van der Waals surface area contributed by atoms with E-state index in [4.69, 9.17) is 10.2 Å². The first-order chi connectivity index (χ1) is 8.34. The van der Waals surface area contributed by atoms with Crippen LogP contribution in [0, 0.1) is 6.92 Å². The number of rotatable bonds is 6. The van der Waals surface area contributed by atoms with Gasteiger partial charge >= 0.3 is 0 Å². The number of furan rings is 1. The molecule has 0 aliphatic rings. The summed E-state index contributed by atoms with van der Waals surface area (Å²) >= 11 is 0. The summed E-state index contributed by atoms with van der Waals surface area (Å²) in [6, 6.07) is 1.45. The number of aryl methyl sites for hydroxylation is 1. The number of hydrogen-bond donors (Lipinski definition) is 1. The minimum Gasteiger partial charge on any atom is -0.464 e. The average molecular weight is 274 g/mol. The molecule has 1 rings (SSSR count). The zero-order valence-electron chi connectivity index (χ0n) is 11.4. The van der Waals surface area contributed by atoms with E-state index in [9.17, 15) is 8.42 Å². The SMILES string of the molecule is CCCN(C(C)C)S(=O)(=O)c1cc(CN)oc1C. The number of hydrogen-bond acceptors (Lipinski definition) is 4. The molecule has 0 aliphatic carbocycles. The topological polar surface area (TPSA) is 76.5 Å². The maximum absolute atomic E-state index is 12.5. The summed E-state index contributed by atoms with van der Waals surface area (Å²) in [5.41, 5.74) is 5.47. The first-order valence-corrected chi connectivity index (χ1v) is 7.59. The highest BCUT2D eigenvalue weighted by atomic mass is 32.2. The van der Waals surface area contributed by atoms with Crippen LogP contribution in [-0.2, 0) is 16.6 Å². The van der Waals surface area contributed by atoms with Crippen molar-refractivity contribution >= 4 is 10.0 Å². The summed E-state index contributed by atoms with van der Waals surface area (Å²) in [4.78, 5) is 0.227. The summed E-state index contributed by atoms with van der Waals surface area (Å²) in [6.45, 7) is 8.04. The van der Waals surface area contributed by atoms with Crippen LogP contribution in [0.2, 0.25) is 0 Å². The van der Waals surface area contributed by atoms with Gasteiger partial charge in [-0.25, -0.2) is 8.42 Å². The van der Waals surface area contributed by atoms with Crippen LogP contribution in [-0.4, -0.2) is 25.3 Å². The molecule has 1 aromatic heterocycles. The van der Waals surface area contributed by atoms with Crippen LogP contribution in [0.15, 0.2) is 15.4 Å². The Labute approximate surface area is 109 Å². The van der Waals surface area contributed by atoms with E-state index >= 15 is 0 Å². The fourth-order valence-electron chi connectivity index (χ4n) is 1.88. The molecule has 1 heterocycles. The van der Waals surface area contributed by atoms with Gasteiger partial charge < -0.3 is 10.2 Å². The summed E-state index contributed by atoms with van der Waals surface area (Å²) in [7, 11) is -3.50. The van der Waals surface area contributed by atoms with E-state index in [1.54, 1.807) is 6.92 Å². The highest BCUT2D eigenvalue weighted by molar-refractivity contribution is 7.89. The molecule has 6 heteroatoms. The molecule has 0 amide bonds. The molecular weight excluding hydrogens is 252 g/mol. The molecule has 0 bridgehead atoms. The second-order valence-corrected chi connectivity index (χ2v) is 6.41. The summed E-state index contributed by atoms with van der Waals surface area (Å²) in [6.07, 6.45) is 0.776. The van der Waals surface area contributed by atoms with Crippen molar-refractivity contribution in [1.29, 1.82) is 0 Å². The molecule has 0 fully saturated rings. The Balaban J connectivity index is 3.21. The Bertz CT molecular complexity index is 491. The monoisotopic (exact) mass is 274 g/mol. The highest BCUT2D eigenvalue weighted by Gasteiger charge is 2.29. The largest absolute Gasteiger partial charge is 0.464 e. The molecule has 18 heavy (non-hydrogen) atoms. The van der Waals surface area contributed by atoms with Gasteiger partial charge in [0, 0.05) is 18.7 Å². The first kappa shape index (κ1) is 15.2. The van der Waals surface area contributed by atoms with Crippen molar-refractivity contribution in [2.45, 2.75) is 51.6 Å². The Morgan fingerprint density at radius 2 is 2.06 bits per heavy atom. The fraction of sp³-hybridized carbons (Fsp3) is 0.667. The van der Waals surface area contributed by atoms with Crippen molar-refractivity contribution < 1.29 is 12.8 Å². The third-order valence-corrected chi connectivity index (χ3v) is 4.91. The van der Waals surface area contributed by atoms with Crippen molar-refractivity contribution in [3.63, 3.8) is 0 Å². The van der Waals surface area contributed by atoms with E-state index in [2.05, 4.69) is 0 Å². The van der Waals surface area contributed by atoms with Gasteiger partial charge in [0.25, 0.3) is 0 Å². The summed E-state index contributed by atoms with van der Waals surface area (Å²) < 4.78 is 31.9. The summed E-state index contributed by atoms with van der Waals surface area (Å²) in [5.74, 6) is 0.892. The molecule has 0 saturated heterocycles. The minimum atomic E-state index is -3.50. The normalized spacial score (nSPS) is 12.6. The lowest BCUT2D eigenvalue weighted by atomic mass is 10.4. The van der Waals surface area contributed by atoms with Crippen LogP contribution in [0.5, 0.6) is 0 Å². The lowest BCUT2D eigenvalue weighted by molar-refractivity contribution is 0.353. The number of nitrogens with two attached hydrogens (primary N) is 1. The minimum absolute atomic E-state index is 0.0782. The zero-order valence-corrected chi connectivity index (χ0v) is 12.3. The average Bonchev–Trinajstić information content (AvgIpc) is 2.67. The molecule has 0 radical (unpaired) electrons. The number of nitrogens with zero attached hydrogens (tertiary/aromatic N) is 1. The van der Waals surface area contributed by atoms with Gasteiger partial charge in [-0.15, -0.1) is 0 Å². The molecule has 1 aromatic rings. The first-order valence-electron chi connectivity index (χ1n) is 6.15. The van der Waals surface area contributed by atoms with Gasteiger partial charge in [-0.2, -0.15) is 4.31 Å². The van der Waals surface area contributed by atoms with E-state index in [1.807, 2.05) is 20.8 Å². The molecule has 0 unspecified atom stereocenters. The Kier molecular flexibility index (Phi) is 4.95. The van der Waals surface area contributed by atoms with E-state index < -0.39 is 10.0 Å². The molecule has 0 spiro atoms. The fourth-order valence-corrected chi connectivity index (χ4v) is 3.80. The van der Waals surface area contributed by atoms with Gasteiger partial charge in [-0.1, -0.05) is 6.92 Å². The molecular formula is C12H22N2O3S. The van der Waals surface area contributed by atoms with Gasteiger partial charge in [0.05, 0.1) is 6.54 Å². The van der Waals surface area contributed by atoms with Crippen molar-refractivity contribution in [3.05, 3.63) is 17.6 Å². The lowest BCUT2D eigenvalue weighted by Gasteiger charge is -2.24. The van der Waals surface area contributed by atoms with Crippen LogP contribution >= 0.6 is 0 Å².